The molecular weight excluding hydrogens is 120 g/mol. The lowest BCUT2D eigenvalue weighted by atomic mass is 11.3. The number of nitrogens with zero attached hydrogens (tertiary/aromatic N) is 1. The lowest BCUT2D eigenvalue weighted by molar-refractivity contribution is -0.392. The quantitative estimate of drug-likeness (QED) is 0.288. The van der Waals surface area contributed by atoms with Gasteiger partial charge in [0.1, 0.15) is 4.92 Å². The van der Waals surface area contributed by atoms with Crippen LogP contribution in [-0.4, -0.2) is 21.3 Å². The van der Waals surface area contributed by atoms with Gasteiger partial charge in [0.2, 0.25) is 0 Å². The topological polar surface area (TPSA) is 127 Å². The Morgan fingerprint density at radius 3 is 1.75 bits per heavy atom. The summed E-state index contributed by atoms with van der Waals surface area (Å²) >= 11 is 0. The summed E-state index contributed by atoms with van der Waals surface area (Å²) in [6, 6.07) is 0. The number of carboxylic acid groups (broad SMARTS) is 1. The molecule has 0 aliphatic carbocycles. The van der Waals surface area contributed by atoms with Crippen LogP contribution >= 0.6 is 0 Å². The van der Waals surface area contributed by atoms with Crippen molar-refractivity contribution in [2.75, 3.05) is 0 Å². The van der Waals surface area contributed by atoms with Gasteiger partial charge in [0, 0.05) is 0 Å². The highest BCUT2D eigenvalue weighted by Gasteiger charge is 2.07. The Balaban J connectivity index is 0. The molecule has 0 radical (unpaired) electrons. The summed E-state index contributed by atoms with van der Waals surface area (Å²) in [5.74, 6) is 3.50. The molecule has 0 heterocycles. The molecule has 7 heteroatoms. The molecule has 0 bridgehead atoms. The minimum atomic E-state index is -2.02. The highest BCUT2D eigenvalue weighted by atomic mass is 16.7. The smallest absolute Gasteiger partial charge is 0.423 e. The molecule has 0 rings (SSSR count). The van der Waals surface area contributed by atoms with Crippen molar-refractivity contribution >= 4 is 6.09 Å². The number of hydrogen-bond donors (Lipinski definition) is 3. The highest BCUT2D eigenvalue weighted by molar-refractivity contribution is 5.54. The first-order valence-corrected chi connectivity index (χ1v) is 1.27. The van der Waals surface area contributed by atoms with Crippen LogP contribution in [-0.2, 0) is 0 Å². The predicted octanol–water partition coefficient (Wildman–Crippen LogP) is -0.725. The van der Waals surface area contributed by atoms with Gasteiger partial charge in [0.05, 0.1) is 0 Å². The molecular formula is CH4N2O5. The van der Waals surface area contributed by atoms with Gasteiger partial charge in [-0.25, -0.2) is 5.90 Å². The van der Waals surface area contributed by atoms with Crippen LogP contribution in [0, 0.1) is 10.1 Å². The third-order valence-electron chi connectivity index (χ3n) is 0.156. The predicted molar refractivity (Wildman–Crippen MR) is 21.0 cm³/mol. The summed E-state index contributed by atoms with van der Waals surface area (Å²) in [5, 5.41) is 22.7. The highest BCUT2D eigenvalue weighted by Crippen LogP contribution is 1.64. The maximum absolute atomic E-state index is 9.00. The molecule has 48 valence electrons. The average molecular weight is 124 g/mol. The van der Waals surface area contributed by atoms with E-state index >= 15 is 0 Å². The number of amides is 1. The molecule has 0 aromatic carbocycles. The van der Waals surface area contributed by atoms with Crippen molar-refractivity contribution in [3.8, 4) is 0 Å². The minimum Gasteiger partial charge on any atom is -0.423 e. The van der Waals surface area contributed by atoms with Crippen LogP contribution in [0.1, 0.15) is 0 Å². The summed E-state index contributed by atoms with van der Waals surface area (Å²) in [5.41, 5.74) is 0. The van der Waals surface area contributed by atoms with Gasteiger partial charge in [-0.2, -0.15) is 4.79 Å². The number of carbonyl (C=O) groups is 1. The van der Waals surface area contributed by atoms with E-state index in [1.54, 1.807) is 0 Å². The first-order chi connectivity index (χ1) is 3.64. The zero-order valence-corrected chi connectivity index (χ0v) is 3.64. The maximum Gasteiger partial charge on any atom is 0.654 e. The first kappa shape index (κ1) is 9.92. The van der Waals surface area contributed by atoms with Crippen LogP contribution in [0.15, 0.2) is 0 Å². The molecule has 0 atom stereocenters. The molecule has 0 saturated carbocycles. The molecule has 0 spiro atoms. The molecule has 0 fully saturated rings. The van der Waals surface area contributed by atoms with Gasteiger partial charge in [0.15, 0.2) is 0 Å². The summed E-state index contributed by atoms with van der Waals surface area (Å²) in [6.07, 6.45) is -2.02. The van der Waals surface area contributed by atoms with Gasteiger partial charge in [0.25, 0.3) is 0 Å². The van der Waals surface area contributed by atoms with Crippen LogP contribution in [0.4, 0.5) is 4.79 Å². The summed E-state index contributed by atoms with van der Waals surface area (Å²) in [4.78, 5) is 16.5. The molecule has 4 N–H and O–H groups in total. The zero-order chi connectivity index (χ0) is 7.15. The lowest BCUT2D eigenvalue weighted by Gasteiger charge is -1.70. The second kappa shape index (κ2) is 5.79. The molecule has 0 saturated heterocycles. The number of nitro groups is 1. The third-order valence-corrected chi connectivity index (χ3v) is 0.156. The van der Waals surface area contributed by atoms with Gasteiger partial charge in [-0.3, -0.25) is 10.1 Å². The van der Waals surface area contributed by atoms with Crippen molar-refractivity contribution in [1.29, 1.82) is 0 Å². The summed E-state index contributed by atoms with van der Waals surface area (Å²) < 4.78 is 0. The van der Waals surface area contributed by atoms with Gasteiger partial charge in [-0.05, 0) is 0 Å². The van der Waals surface area contributed by atoms with E-state index < -0.39 is 11.0 Å². The Bertz CT molecular complexity index is 76.4. The first-order valence-electron chi connectivity index (χ1n) is 1.27. The van der Waals surface area contributed by atoms with Gasteiger partial charge < -0.3 is 10.3 Å². The van der Waals surface area contributed by atoms with Gasteiger partial charge in [-0.1, -0.05) is 0 Å². The normalized spacial score (nSPS) is 6.25. The molecule has 0 aliphatic rings. The average Bonchev–Trinajstić information content (AvgIpc) is 1.72. The molecule has 1 amide bonds. The van der Waals surface area contributed by atoms with Crippen LogP contribution in [0.25, 0.3) is 0 Å². The Morgan fingerprint density at radius 2 is 1.75 bits per heavy atom. The SMILES string of the molecule is NO.O=C(O)[N+](=O)[O-]. The third kappa shape index (κ3) is 8.84. The van der Waals surface area contributed by atoms with E-state index in [0.29, 0.717) is 0 Å². The molecule has 0 aromatic heterocycles. The largest absolute Gasteiger partial charge is 0.654 e. The molecule has 7 nitrogen and oxygen atoms in total. The van der Waals surface area contributed by atoms with E-state index in [4.69, 9.17) is 25.2 Å². The fourth-order valence-corrected chi connectivity index (χ4v) is 0. The van der Waals surface area contributed by atoms with Crippen molar-refractivity contribution in [3.05, 3.63) is 10.1 Å². The molecule has 0 unspecified atom stereocenters. The van der Waals surface area contributed by atoms with Crippen molar-refractivity contribution < 1.29 is 20.0 Å². The number of rotatable bonds is 0. The van der Waals surface area contributed by atoms with Crippen LogP contribution in [0.2, 0.25) is 0 Å². The Labute approximate surface area is 43.4 Å². The van der Waals surface area contributed by atoms with Crippen LogP contribution < -0.4 is 5.90 Å². The van der Waals surface area contributed by atoms with Crippen LogP contribution in [0.3, 0.4) is 0 Å². The van der Waals surface area contributed by atoms with Gasteiger partial charge >= 0.3 is 6.09 Å². The number of nitrogens with two attached hydrogens (primary N) is 1. The van der Waals surface area contributed by atoms with Crippen molar-refractivity contribution in [2.24, 2.45) is 5.90 Å². The Morgan fingerprint density at radius 1 is 1.62 bits per heavy atom. The standard InChI is InChI=1S/CHNO4.H3NO/c3-1(4)2(5)6;1-2/h(H,3,4);2H,1H2. The molecule has 0 aliphatic heterocycles. The van der Waals surface area contributed by atoms with Crippen LogP contribution in [0.5, 0.6) is 0 Å². The van der Waals surface area contributed by atoms with E-state index in [2.05, 4.69) is 5.90 Å². The Hall–Kier alpha value is -1.21. The second-order valence-corrected chi connectivity index (χ2v) is 0.540. The fourth-order valence-electron chi connectivity index (χ4n) is 0. The monoisotopic (exact) mass is 124 g/mol. The Kier molecular flexibility index (Phi) is 7.18. The summed E-state index contributed by atoms with van der Waals surface area (Å²) in [6.45, 7) is 0. The van der Waals surface area contributed by atoms with Crippen molar-refractivity contribution in [2.45, 2.75) is 0 Å². The number of hydrogen-bond acceptors (Lipinski definition) is 5. The van der Waals surface area contributed by atoms with E-state index in [9.17, 15) is 0 Å². The molecule has 8 heavy (non-hydrogen) atoms. The zero-order valence-electron chi connectivity index (χ0n) is 3.64. The van der Waals surface area contributed by atoms with E-state index in [1.165, 1.54) is 0 Å². The van der Waals surface area contributed by atoms with E-state index in [0.717, 1.165) is 0 Å². The van der Waals surface area contributed by atoms with E-state index in [-0.39, 0.29) is 0 Å². The molecule has 0 aromatic rings. The van der Waals surface area contributed by atoms with Crippen molar-refractivity contribution in [3.63, 3.8) is 0 Å². The fraction of sp³-hybridized carbons (Fsp3) is 0. The van der Waals surface area contributed by atoms with Gasteiger partial charge in [-0.15, -0.1) is 0 Å². The maximum atomic E-state index is 9.00. The second-order valence-electron chi connectivity index (χ2n) is 0.540. The van der Waals surface area contributed by atoms with E-state index in [1.807, 2.05) is 0 Å². The minimum absolute atomic E-state index is 1.42. The van der Waals surface area contributed by atoms with Crippen molar-refractivity contribution in [1.82, 2.24) is 0 Å². The summed E-state index contributed by atoms with van der Waals surface area (Å²) in [7, 11) is 0. The lowest BCUT2D eigenvalue weighted by Crippen LogP contribution is -2.05.